The van der Waals surface area contributed by atoms with Crippen molar-refractivity contribution in [3.05, 3.63) is 23.1 Å². The van der Waals surface area contributed by atoms with Crippen LogP contribution in [0.25, 0.3) is 0 Å². The van der Waals surface area contributed by atoms with Gasteiger partial charge in [0, 0.05) is 18.5 Å². The van der Waals surface area contributed by atoms with Gasteiger partial charge in [-0.1, -0.05) is 6.92 Å². The maximum atomic E-state index is 12.2. The lowest BCUT2D eigenvalue weighted by molar-refractivity contribution is 0.0736. The summed E-state index contributed by atoms with van der Waals surface area (Å²) in [5.74, 6) is 0.809. The number of rotatable bonds is 2. The second-order valence-corrected chi connectivity index (χ2v) is 4.75. The van der Waals surface area contributed by atoms with E-state index in [-0.39, 0.29) is 17.2 Å². The summed E-state index contributed by atoms with van der Waals surface area (Å²) in [5.41, 5.74) is 0.422. The fourth-order valence-electron chi connectivity index (χ4n) is 2.10. The molecule has 1 aromatic rings. The molecule has 0 N–H and O–H groups in total. The fraction of sp³-hybridized carbons (Fsp3) is 0.545. The van der Waals surface area contributed by atoms with Gasteiger partial charge in [-0.15, -0.1) is 11.6 Å². The van der Waals surface area contributed by atoms with Crippen LogP contribution >= 0.6 is 23.2 Å². The van der Waals surface area contributed by atoms with Gasteiger partial charge in [0.2, 0.25) is 5.22 Å². The zero-order chi connectivity index (χ0) is 11.7. The summed E-state index contributed by atoms with van der Waals surface area (Å²) < 4.78 is 4.93. The zero-order valence-corrected chi connectivity index (χ0v) is 10.5. The predicted octanol–water partition coefficient (Wildman–Crippen LogP) is 3.02. The predicted molar refractivity (Wildman–Crippen MR) is 63.0 cm³/mol. The molecule has 2 rings (SSSR count). The first-order chi connectivity index (χ1) is 7.65. The van der Waals surface area contributed by atoms with E-state index in [1.54, 1.807) is 11.0 Å². The van der Waals surface area contributed by atoms with Gasteiger partial charge in [0.05, 0.1) is 11.8 Å². The van der Waals surface area contributed by atoms with Crippen molar-refractivity contribution in [2.24, 2.45) is 5.92 Å². The number of halogens is 2. The van der Waals surface area contributed by atoms with Gasteiger partial charge in [0.15, 0.2) is 0 Å². The average molecular weight is 262 g/mol. The summed E-state index contributed by atoms with van der Waals surface area (Å²) in [6, 6.07) is 1.69. The SMILES string of the molecule is CC1CCN(C(=O)c2ccoc2Cl)C1CCl. The van der Waals surface area contributed by atoms with Crippen LogP contribution in [0.5, 0.6) is 0 Å². The Bertz CT molecular complexity index is 391. The molecule has 0 radical (unpaired) electrons. The van der Waals surface area contributed by atoms with Crippen LogP contribution in [0.4, 0.5) is 0 Å². The lowest BCUT2D eigenvalue weighted by Crippen LogP contribution is -2.38. The van der Waals surface area contributed by atoms with Gasteiger partial charge in [0.25, 0.3) is 5.91 Å². The topological polar surface area (TPSA) is 33.5 Å². The number of nitrogens with zero attached hydrogens (tertiary/aromatic N) is 1. The zero-order valence-electron chi connectivity index (χ0n) is 8.95. The lowest BCUT2D eigenvalue weighted by Gasteiger charge is -2.24. The van der Waals surface area contributed by atoms with Gasteiger partial charge in [-0.25, -0.2) is 0 Å². The smallest absolute Gasteiger partial charge is 0.259 e. The minimum Gasteiger partial charge on any atom is -0.452 e. The van der Waals surface area contributed by atoms with E-state index in [0.717, 1.165) is 13.0 Å². The largest absolute Gasteiger partial charge is 0.452 e. The van der Waals surface area contributed by atoms with Crippen LogP contribution in [0.1, 0.15) is 23.7 Å². The lowest BCUT2D eigenvalue weighted by atomic mass is 10.0. The molecular formula is C11H13Cl2NO2. The van der Waals surface area contributed by atoms with Gasteiger partial charge in [-0.05, 0) is 30.0 Å². The summed E-state index contributed by atoms with van der Waals surface area (Å²) >= 11 is 11.7. The van der Waals surface area contributed by atoms with Crippen LogP contribution in [-0.4, -0.2) is 29.3 Å². The number of hydrogen-bond acceptors (Lipinski definition) is 2. The fourth-order valence-corrected chi connectivity index (χ4v) is 2.76. The van der Waals surface area contributed by atoms with Crippen LogP contribution < -0.4 is 0 Å². The molecule has 1 aliphatic heterocycles. The summed E-state index contributed by atoms with van der Waals surface area (Å²) in [6.45, 7) is 2.84. The molecule has 0 aliphatic carbocycles. The highest BCUT2D eigenvalue weighted by Gasteiger charge is 2.35. The van der Waals surface area contributed by atoms with E-state index in [0.29, 0.717) is 17.4 Å². The summed E-state index contributed by atoms with van der Waals surface area (Å²) in [6.07, 6.45) is 2.41. The van der Waals surface area contributed by atoms with E-state index < -0.39 is 0 Å². The maximum Gasteiger partial charge on any atom is 0.259 e. The van der Waals surface area contributed by atoms with Gasteiger partial charge < -0.3 is 9.32 Å². The van der Waals surface area contributed by atoms with Crippen molar-refractivity contribution in [2.45, 2.75) is 19.4 Å². The number of carbonyl (C=O) groups excluding carboxylic acids is 1. The molecule has 5 heteroatoms. The van der Waals surface area contributed by atoms with Gasteiger partial charge in [0.1, 0.15) is 0 Å². The quantitative estimate of drug-likeness (QED) is 0.767. The molecule has 1 aliphatic rings. The average Bonchev–Trinajstić information content (AvgIpc) is 2.83. The maximum absolute atomic E-state index is 12.2. The monoisotopic (exact) mass is 261 g/mol. The third kappa shape index (κ3) is 1.94. The van der Waals surface area contributed by atoms with Crippen LogP contribution in [0.3, 0.4) is 0 Å². The second kappa shape index (κ2) is 4.68. The number of carbonyl (C=O) groups is 1. The Morgan fingerprint density at radius 2 is 2.44 bits per heavy atom. The van der Waals surface area contributed by atoms with Crippen LogP contribution in [-0.2, 0) is 0 Å². The number of likely N-dealkylation sites (tertiary alicyclic amines) is 1. The van der Waals surface area contributed by atoms with Gasteiger partial charge in [-0.3, -0.25) is 4.79 Å². The van der Waals surface area contributed by atoms with E-state index >= 15 is 0 Å². The summed E-state index contributed by atoms with van der Waals surface area (Å²) in [4.78, 5) is 14.0. The van der Waals surface area contributed by atoms with Crippen molar-refractivity contribution in [2.75, 3.05) is 12.4 Å². The van der Waals surface area contributed by atoms with E-state index in [4.69, 9.17) is 27.6 Å². The molecule has 2 unspecified atom stereocenters. The molecule has 0 spiro atoms. The number of furan rings is 1. The highest BCUT2D eigenvalue weighted by molar-refractivity contribution is 6.32. The van der Waals surface area contributed by atoms with Crippen LogP contribution in [0.15, 0.2) is 16.7 Å². The Balaban J connectivity index is 2.20. The Hall–Kier alpha value is -0.670. The summed E-state index contributed by atoms with van der Waals surface area (Å²) in [5, 5.41) is 0.151. The first-order valence-electron chi connectivity index (χ1n) is 5.25. The van der Waals surface area contributed by atoms with E-state index in [2.05, 4.69) is 6.92 Å². The van der Waals surface area contributed by atoms with Gasteiger partial charge >= 0.3 is 0 Å². The van der Waals surface area contributed by atoms with Crippen molar-refractivity contribution in [3.8, 4) is 0 Å². The molecular weight excluding hydrogens is 249 g/mol. The minimum absolute atomic E-state index is 0.0891. The highest BCUT2D eigenvalue weighted by Crippen LogP contribution is 2.28. The van der Waals surface area contributed by atoms with Crippen molar-refractivity contribution >= 4 is 29.1 Å². The molecule has 1 fully saturated rings. The normalized spacial score (nSPS) is 25.1. The van der Waals surface area contributed by atoms with Crippen molar-refractivity contribution in [3.63, 3.8) is 0 Å². The van der Waals surface area contributed by atoms with E-state index in [9.17, 15) is 4.79 Å². The molecule has 1 saturated heterocycles. The molecule has 16 heavy (non-hydrogen) atoms. The molecule has 88 valence electrons. The van der Waals surface area contributed by atoms with Crippen molar-refractivity contribution in [1.29, 1.82) is 0 Å². The van der Waals surface area contributed by atoms with Crippen molar-refractivity contribution < 1.29 is 9.21 Å². The third-order valence-electron chi connectivity index (χ3n) is 3.15. The Labute approximate surface area is 104 Å². The molecule has 0 saturated carbocycles. The van der Waals surface area contributed by atoms with E-state index in [1.165, 1.54) is 6.26 Å². The number of amides is 1. The Morgan fingerprint density at radius 3 is 3.00 bits per heavy atom. The first-order valence-corrected chi connectivity index (χ1v) is 6.16. The van der Waals surface area contributed by atoms with Crippen LogP contribution in [0.2, 0.25) is 5.22 Å². The molecule has 2 atom stereocenters. The number of hydrogen-bond donors (Lipinski definition) is 0. The molecule has 2 heterocycles. The van der Waals surface area contributed by atoms with Crippen molar-refractivity contribution in [1.82, 2.24) is 4.90 Å². The first kappa shape index (κ1) is 11.8. The molecule has 1 amide bonds. The Kier molecular flexibility index (Phi) is 3.45. The molecule has 0 bridgehead atoms. The standard InChI is InChI=1S/C11H13Cl2NO2/c1-7-2-4-14(9(7)6-12)11(15)8-3-5-16-10(8)13/h3,5,7,9H,2,4,6H2,1H3. The minimum atomic E-state index is -0.0891. The molecule has 0 aromatic carbocycles. The third-order valence-corrected chi connectivity index (χ3v) is 3.76. The van der Waals surface area contributed by atoms with Crippen LogP contribution in [0, 0.1) is 5.92 Å². The molecule has 1 aromatic heterocycles. The Morgan fingerprint density at radius 1 is 1.69 bits per heavy atom. The van der Waals surface area contributed by atoms with E-state index in [1.807, 2.05) is 0 Å². The molecule has 3 nitrogen and oxygen atoms in total. The highest BCUT2D eigenvalue weighted by atomic mass is 35.5. The second-order valence-electron chi connectivity index (χ2n) is 4.09. The van der Waals surface area contributed by atoms with Gasteiger partial charge in [-0.2, -0.15) is 0 Å². The summed E-state index contributed by atoms with van der Waals surface area (Å²) in [7, 11) is 0. The number of alkyl halides is 1.